The van der Waals surface area contributed by atoms with Crippen LogP contribution in [0.25, 0.3) is 0 Å². The molecule has 12 nitrogen and oxygen atoms in total. The molecule has 0 aliphatic carbocycles. The van der Waals surface area contributed by atoms with E-state index in [0.717, 1.165) is 5.56 Å². The second kappa shape index (κ2) is 10.8. The van der Waals surface area contributed by atoms with Gasteiger partial charge in [-0.15, -0.1) is 0 Å². The Labute approximate surface area is 207 Å². The van der Waals surface area contributed by atoms with Gasteiger partial charge in [-0.25, -0.2) is 0 Å². The zero-order valence-corrected chi connectivity index (χ0v) is 19.7. The van der Waals surface area contributed by atoms with Crippen molar-refractivity contribution in [2.45, 2.75) is 68.1 Å². The van der Waals surface area contributed by atoms with E-state index in [4.69, 9.17) is 23.7 Å². The van der Waals surface area contributed by atoms with E-state index in [0.29, 0.717) is 23.3 Å². The number of benzene rings is 1. The highest BCUT2D eigenvalue weighted by Crippen LogP contribution is 2.33. The number of ether oxygens (including phenoxy) is 5. The largest absolute Gasteiger partial charge is 0.485 e. The van der Waals surface area contributed by atoms with E-state index in [2.05, 4.69) is 6.58 Å². The number of carbonyl (C=O) groups is 1. The smallest absolute Gasteiger partial charge is 0.187 e. The summed E-state index contributed by atoms with van der Waals surface area (Å²) in [6.45, 7) is 3.89. The summed E-state index contributed by atoms with van der Waals surface area (Å²) >= 11 is 0. The molecule has 3 heterocycles. The number of carbonyl (C=O) groups excluding carboxylic acids is 1. The summed E-state index contributed by atoms with van der Waals surface area (Å²) in [5, 5.41) is 60.3. The minimum absolute atomic E-state index is 0.0517. The van der Waals surface area contributed by atoms with Crippen LogP contribution in [-0.4, -0.2) is 118 Å². The fraction of sp³-hybridized carbons (Fsp3) is 0.625. The maximum absolute atomic E-state index is 11.6. The SMILES string of the molecule is C=C(CO[C@H]1O[C@H](CO[C@H]2OC[C@](O)(CO)[C@H]2O)[C@@H](O)[C@H](O)[C@H]1O)[C@H]1Cc2cc(C(C)=O)ccc2O1. The lowest BCUT2D eigenvalue weighted by molar-refractivity contribution is -0.308. The molecule has 9 atom stereocenters. The van der Waals surface area contributed by atoms with Gasteiger partial charge in [0.15, 0.2) is 18.4 Å². The molecule has 36 heavy (non-hydrogen) atoms. The molecule has 4 rings (SSSR count). The van der Waals surface area contributed by atoms with Crippen molar-refractivity contribution in [2.24, 2.45) is 0 Å². The number of ketones is 1. The predicted octanol–water partition coefficient (Wildman–Crippen LogP) is -1.97. The maximum atomic E-state index is 11.6. The van der Waals surface area contributed by atoms with E-state index in [-0.39, 0.29) is 25.6 Å². The Morgan fingerprint density at radius 1 is 1.14 bits per heavy atom. The summed E-state index contributed by atoms with van der Waals surface area (Å²) in [4.78, 5) is 11.6. The first-order valence-electron chi connectivity index (χ1n) is 11.6. The molecule has 3 aliphatic rings. The molecule has 1 aromatic rings. The quantitative estimate of drug-likeness (QED) is 0.159. The van der Waals surface area contributed by atoms with Crippen molar-refractivity contribution in [3.63, 3.8) is 0 Å². The summed E-state index contributed by atoms with van der Waals surface area (Å²) in [6, 6.07) is 5.18. The zero-order valence-electron chi connectivity index (χ0n) is 19.7. The minimum atomic E-state index is -1.88. The van der Waals surface area contributed by atoms with Gasteiger partial charge in [0.05, 0.1) is 26.4 Å². The third kappa shape index (κ3) is 5.34. The standard InChI is InChI=1S/C24H32O12/c1-11(16-6-14-5-13(12(2)26)3-4-15(14)35-16)7-32-22-20(29)19(28)18(27)17(36-22)8-33-23-21(30)24(31,9-25)10-34-23/h3-5,16-23,25,27-31H,1,6-10H2,2H3/t16-,17-,18-,19+,20-,21+,22+,23+,24-/m1/s1. The van der Waals surface area contributed by atoms with Crippen LogP contribution in [0.5, 0.6) is 5.75 Å². The topological polar surface area (TPSA) is 185 Å². The summed E-state index contributed by atoms with van der Waals surface area (Å²) < 4.78 is 27.6. The highest BCUT2D eigenvalue weighted by Gasteiger charge is 2.50. The van der Waals surface area contributed by atoms with Crippen LogP contribution in [0.1, 0.15) is 22.8 Å². The van der Waals surface area contributed by atoms with Gasteiger partial charge in [-0.2, -0.15) is 0 Å². The predicted molar refractivity (Wildman–Crippen MR) is 120 cm³/mol. The molecule has 0 spiro atoms. The molecule has 2 fully saturated rings. The van der Waals surface area contributed by atoms with Crippen LogP contribution in [0.2, 0.25) is 0 Å². The molecular weight excluding hydrogens is 480 g/mol. The molecule has 0 bridgehead atoms. The van der Waals surface area contributed by atoms with E-state index in [9.17, 15) is 35.4 Å². The summed E-state index contributed by atoms with van der Waals surface area (Å²) in [7, 11) is 0. The molecule has 0 amide bonds. The summed E-state index contributed by atoms with van der Waals surface area (Å²) in [6.07, 6.45) is -10.0. The van der Waals surface area contributed by atoms with Crippen molar-refractivity contribution < 1.29 is 59.1 Å². The molecule has 0 radical (unpaired) electrons. The molecule has 3 aliphatic heterocycles. The van der Waals surface area contributed by atoms with Gasteiger partial charge in [0.25, 0.3) is 0 Å². The number of hydrogen-bond donors (Lipinski definition) is 6. The zero-order chi connectivity index (χ0) is 26.2. The first-order chi connectivity index (χ1) is 17.0. The molecule has 0 aromatic heterocycles. The van der Waals surface area contributed by atoms with Gasteiger partial charge in [0, 0.05) is 12.0 Å². The minimum Gasteiger partial charge on any atom is -0.485 e. The van der Waals surface area contributed by atoms with E-state index < -0.39 is 61.4 Å². The van der Waals surface area contributed by atoms with E-state index >= 15 is 0 Å². The number of fused-ring (bicyclic) bond motifs is 1. The van der Waals surface area contributed by atoms with Gasteiger partial charge in [0.2, 0.25) is 0 Å². The number of aliphatic hydroxyl groups is 6. The van der Waals surface area contributed by atoms with Gasteiger partial charge in [-0.3, -0.25) is 4.79 Å². The third-order valence-electron chi connectivity index (χ3n) is 6.70. The van der Waals surface area contributed by atoms with Crippen LogP contribution in [0, 0.1) is 0 Å². The molecule has 2 saturated heterocycles. The van der Waals surface area contributed by atoms with E-state index in [1.165, 1.54) is 6.92 Å². The lowest BCUT2D eigenvalue weighted by atomic mass is 9.99. The third-order valence-corrected chi connectivity index (χ3v) is 6.70. The molecule has 1 aromatic carbocycles. The second-order valence-corrected chi connectivity index (χ2v) is 9.39. The van der Waals surface area contributed by atoms with Gasteiger partial charge >= 0.3 is 0 Å². The van der Waals surface area contributed by atoms with Crippen molar-refractivity contribution in [3.05, 3.63) is 41.5 Å². The monoisotopic (exact) mass is 512 g/mol. The molecule has 6 N–H and O–H groups in total. The van der Waals surface area contributed by atoms with E-state index in [1.54, 1.807) is 18.2 Å². The van der Waals surface area contributed by atoms with Crippen molar-refractivity contribution in [2.75, 3.05) is 26.4 Å². The van der Waals surface area contributed by atoms with Gasteiger partial charge in [-0.05, 0) is 36.3 Å². The van der Waals surface area contributed by atoms with Crippen LogP contribution >= 0.6 is 0 Å². The Bertz CT molecular complexity index is 968. The Hall–Kier alpha value is -1.97. The van der Waals surface area contributed by atoms with Gasteiger partial charge < -0.3 is 54.3 Å². The van der Waals surface area contributed by atoms with Gasteiger partial charge in [0.1, 0.15) is 48.0 Å². The van der Waals surface area contributed by atoms with E-state index in [1.807, 2.05) is 0 Å². The Morgan fingerprint density at radius 2 is 1.89 bits per heavy atom. The fourth-order valence-electron chi connectivity index (χ4n) is 4.29. The average Bonchev–Trinajstić information content (AvgIpc) is 3.42. The number of aliphatic hydroxyl groups excluding tert-OH is 5. The van der Waals surface area contributed by atoms with Gasteiger partial charge in [-0.1, -0.05) is 6.58 Å². The maximum Gasteiger partial charge on any atom is 0.187 e. The Morgan fingerprint density at radius 3 is 2.56 bits per heavy atom. The van der Waals surface area contributed by atoms with Crippen LogP contribution in [-0.2, 0) is 25.4 Å². The molecule has 0 unspecified atom stereocenters. The van der Waals surface area contributed by atoms with Crippen LogP contribution in [0.3, 0.4) is 0 Å². The van der Waals surface area contributed by atoms with Crippen molar-refractivity contribution >= 4 is 5.78 Å². The van der Waals surface area contributed by atoms with Crippen molar-refractivity contribution in [3.8, 4) is 5.75 Å². The number of Topliss-reactive ketones (excluding diaryl/α,β-unsaturated/α-hetero) is 1. The highest BCUT2D eigenvalue weighted by atomic mass is 16.7. The molecule has 0 saturated carbocycles. The fourth-order valence-corrected chi connectivity index (χ4v) is 4.29. The molecule has 200 valence electrons. The summed E-state index contributed by atoms with van der Waals surface area (Å²) in [5.41, 5.74) is 0.0955. The van der Waals surface area contributed by atoms with Crippen LogP contribution in [0.4, 0.5) is 0 Å². The first kappa shape index (κ1) is 27.1. The lowest BCUT2D eigenvalue weighted by Crippen LogP contribution is -2.59. The normalized spacial score (nSPS) is 38.0. The first-order valence-corrected chi connectivity index (χ1v) is 11.6. The number of hydrogen-bond acceptors (Lipinski definition) is 12. The van der Waals surface area contributed by atoms with Crippen LogP contribution < -0.4 is 4.74 Å². The molecular formula is C24H32O12. The van der Waals surface area contributed by atoms with Crippen molar-refractivity contribution in [1.29, 1.82) is 0 Å². The molecule has 12 heteroatoms. The van der Waals surface area contributed by atoms with Crippen molar-refractivity contribution in [1.82, 2.24) is 0 Å². The lowest BCUT2D eigenvalue weighted by Gasteiger charge is -2.40. The number of rotatable bonds is 9. The Balaban J connectivity index is 1.31. The Kier molecular flexibility index (Phi) is 8.12. The summed E-state index contributed by atoms with van der Waals surface area (Å²) in [5.74, 6) is 0.587. The average molecular weight is 513 g/mol. The second-order valence-electron chi connectivity index (χ2n) is 9.39. The highest BCUT2D eigenvalue weighted by molar-refractivity contribution is 5.94. The van der Waals surface area contributed by atoms with Crippen LogP contribution in [0.15, 0.2) is 30.4 Å².